The van der Waals surface area contributed by atoms with Gasteiger partial charge in [-0.2, -0.15) is 5.10 Å². The number of allylic oxidation sites excluding steroid dienone is 1. The molecule has 0 aliphatic carbocycles. The predicted octanol–water partition coefficient (Wildman–Crippen LogP) is 1.59. The molecule has 5 nitrogen and oxygen atoms in total. The van der Waals surface area contributed by atoms with Crippen LogP contribution >= 0.6 is 15.9 Å². The zero-order valence-corrected chi connectivity index (χ0v) is 12.3. The predicted molar refractivity (Wildman–Crippen MR) is 77.7 cm³/mol. The van der Waals surface area contributed by atoms with Gasteiger partial charge in [0.15, 0.2) is 0 Å². The summed E-state index contributed by atoms with van der Waals surface area (Å²) < 4.78 is 1.81. The van der Waals surface area contributed by atoms with Gasteiger partial charge < -0.3 is 11.1 Å². The molecule has 0 amide bonds. The zero-order valence-electron chi connectivity index (χ0n) is 10.7. The molecular formula is C12H19BrN4O. The van der Waals surface area contributed by atoms with Crippen molar-refractivity contribution < 1.29 is 0 Å². The SMILES string of the molecule is C=CCn1ncc(NCC(N)C(C)C)c(Br)c1=O. The van der Waals surface area contributed by atoms with Gasteiger partial charge in [0.05, 0.1) is 18.4 Å². The number of hydrogen-bond acceptors (Lipinski definition) is 4. The van der Waals surface area contributed by atoms with Crippen molar-refractivity contribution >= 4 is 21.6 Å². The smallest absolute Gasteiger partial charge is 0.283 e. The Labute approximate surface area is 115 Å². The summed E-state index contributed by atoms with van der Waals surface area (Å²) >= 11 is 3.28. The number of hydrogen-bond donors (Lipinski definition) is 2. The van der Waals surface area contributed by atoms with E-state index in [1.807, 2.05) is 0 Å². The van der Waals surface area contributed by atoms with Crippen LogP contribution in [0.4, 0.5) is 5.69 Å². The third-order valence-electron chi connectivity index (χ3n) is 2.67. The van der Waals surface area contributed by atoms with Crippen LogP contribution in [0.15, 0.2) is 28.1 Å². The first-order valence-corrected chi connectivity index (χ1v) is 6.62. The Hall–Kier alpha value is -1.14. The summed E-state index contributed by atoms with van der Waals surface area (Å²) in [5.41, 5.74) is 6.42. The van der Waals surface area contributed by atoms with Gasteiger partial charge in [0.25, 0.3) is 5.56 Å². The number of nitrogens with one attached hydrogen (secondary N) is 1. The van der Waals surface area contributed by atoms with E-state index in [1.54, 1.807) is 12.3 Å². The molecule has 0 radical (unpaired) electrons. The summed E-state index contributed by atoms with van der Waals surface area (Å²) in [5.74, 6) is 0.380. The number of nitrogens with two attached hydrogens (primary N) is 1. The molecule has 0 saturated heterocycles. The first kappa shape index (κ1) is 14.9. The molecule has 0 fully saturated rings. The highest BCUT2D eigenvalue weighted by Crippen LogP contribution is 2.16. The second-order valence-electron chi connectivity index (χ2n) is 4.44. The van der Waals surface area contributed by atoms with Crippen LogP contribution in [0.2, 0.25) is 0 Å². The van der Waals surface area contributed by atoms with Crippen LogP contribution in [0.25, 0.3) is 0 Å². The van der Waals surface area contributed by atoms with Gasteiger partial charge in [-0.05, 0) is 21.8 Å². The molecule has 1 atom stereocenters. The lowest BCUT2D eigenvalue weighted by Gasteiger charge is -2.17. The molecule has 0 aliphatic heterocycles. The molecule has 0 aromatic carbocycles. The molecule has 18 heavy (non-hydrogen) atoms. The fourth-order valence-electron chi connectivity index (χ4n) is 1.30. The largest absolute Gasteiger partial charge is 0.381 e. The molecule has 1 aromatic rings. The highest BCUT2D eigenvalue weighted by molar-refractivity contribution is 9.10. The van der Waals surface area contributed by atoms with Crippen molar-refractivity contribution in [2.24, 2.45) is 11.7 Å². The van der Waals surface area contributed by atoms with Gasteiger partial charge in [0.1, 0.15) is 4.47 Å². The maximum absolute atomic E-state index is 11.9. The van der Waals surface area contributed by atoms with E-state index >= 15 is 0 Å². The van der Waals surface area contributed by atoms with Crippen LogP contribution in [-0.4, -0.2) is 22.4 Å². The van der Waals surface area contributed by atoms with Crippen molar-refractivity contribution in [2.45, 2.75) is 26.4 Å². The van der Waals surface area contributed by atoms with E-state index in [-0.39, 0.29) is 11.6 Å². The third kappa shape index (κ3) is 3.68. The van der Waals surface area contributed by atoms with Crippen molar-refractivity contribution in [2.75, 3.05) is 11.9 Å². The average molecular weight is 315 g/mol. The van der Waals surface area contributed by atoms with Crippen molar-refractivity contribution in [3.8, 4) is 0 Å². The Balaban J connectivity index is 2.82. The molecular weight excluding hydrogens is 296 g/mol. The van der Waals surface area contributed by atoms with E-state index in [9.17, 15) is 4.79 Å². The van der Waals surface area contributed by atoms with Crippen LogP contribution in [0.1, 0.15) is 13.8 Å². The molecule has 100 valence electrons. The fraction of sp³-hybridized carbons (Fsp3) is 0.500. The van der Waals surface area contributed by atoms with Crippen molar-refractivity contribution in [1.29, 1.82) is 0 Å². The van der Waals surface area contributed by atoms with Gasteiger partial charge >= 0.3 is 0 Å². The molecule has 6 heteroatoms. The lowest BCUT2D eigenvalue weighted by atomic mass is 10.1. The van der Waals surface area contributed by atoms with E-state index < -0.39 is 0 Å². The standard InChI is InChI=1S/C12H19BrN4O/c1-4-5-17-12(18)11(13)10(7-16-17)15-6-9(14)8(2)3/h4,7-9,15H,1,5-6,14H2,2-3H3. The highest BCUT2D eigenvalue weighted by Gasteiger charge is 2.11. The van der Waals surface area contributed by atoms with E-state index in [2.05, 4.69) is 46.8 Å². The van der Waals surface area contributed by atoms with E-state index in [0.29, 0.717) is 29.2 Å². The number of aromatic nitrogens is 2. The quantitative estimate of drug-likeness (QED) is 0.782. The first-order chi connectivity index (χ1) is 8.47. The van der Waals surface area contributed by atoms with E-state index in [0.717, 1.165) is 0 Å². The minimum absolute atomic E-state index is 0.0347. The molecule has 0 bridgehead atoms. The molecule has 1 rings (SSSR count). The lowest BCUT2D eigenvalue weighted by molar-refractivity contribution is 0.511. The average Bonchev–Trinajstić information content (AvgIpc) is 2.33. The fourth-order valence-corrected chi connectivity index (χ4v) is 1.75. The normalized spacial score (nSPS) is 12.5. The minimum atomic E-state index is -0.182. The van der Waals surface area contributed by atoms with E-state index in [1.165, 1.54) is 4.68 Å². The third-order valence-corrected chi connectivity index (χ3v) is 3.44. The number of nitrogens with zero attached hydrogens (tertiary/aromatic N) is 2. The Morgan fingerprint density at radius 2 is 2.33 bits per heavy atom. The Morgan fingerprint density at radius 1 is 1.67 bits per heavy atom. The highest BCUT2D eigenvalue weighted by atomic mass is 79.9. The Bertz CT molecular complexity index is 470. The molecule has 1 heterocycles. The minimum Gasteiger partial charge on any atom is -0.381 e. The second kappa shape index (κ2) is 6.70. The van der Waals surface area contributed by atoms with Crippen LogP contribution in [-0.2, 0) is 6.54 Å². The Morgan fingerprint density at radius 3 is 2.89 bits per heavy atom. The monoisotopic (exact) mass is 314 g/mol. The van der Waals surface area contributed by atoms with Gasteiger partial charge in [-0.3, -0.25) is 4.79 Å². The maximum Gasteiger partial charge on any atom is 0.283 e. The summed E-state index contributed by atoms with van der Waals surface area (Å²) in [4.78, 5) is 11.9. The number of rotatable bonds is 6. The summed E-state index contributed by atoms with van der Waals surface area (Å²) in [6.07, 6.45) is 3.24. The molecule has 0 spiro atoms. The van der Waals surface area contributed by atoms with Crippen LogP contribution < -0.4 is 16.6 Å². The van der Waals surface area contributed by atoms with Crippen molar-refractivity contribution in [1.82, 2.24) is 9.78 Å². The van der Waals surface area contributed by atoms with Crippen molar-refractivity contribution in [3.63, 3.8) is 0 Å². The Kier molecular flexibility index (Phi) is 5.55. The number of halogens is 1. The zero-order chi connectivity index (χ0) is 13.7. The number of anilines is 1. The van der Waals surface area contributed by atoms with Gasteiger partial charge in [-0.1, -0.05) is 19.9 Å². The topological polar surface area (TPSA) is 72.9 Å². The summed E-state index contributed by atoms with van der Waals surface area (Å²) in [6, 6.07) is 0.0347. The van der Waals surface area contributed by atoms with Crippen LogP contribution in [0.5, 0.6) is 0 Å². The van der Waals surface area contributed by atoms with Gasteiger partial charge in [0.2, 0.25) is 0 Å². The second-order valence-corrected chi connectivity index (χ2v) is 5.23. The first-order valence-electron chi connectivity index (χ1n) is 5.83. The molecule has 1 unspecified atom stereocenters. The summed E-state index contributed by atoms with van der Waals surface area (Å²) in [7, 11) is 0. The van der Waals surface area contributed by atoms with E-state index in [4.69, 9.17) is 5.73 Å². The van der Waals surface area contributed by atoms with Crippen molar-refractivity contribution in [3.05, 3.63) is 33.7 Å². The maximum atomic E-state index is 11.9. The molecule has 0 saturated carbocycles. The van der Waals surface area contributed by atoms with Crippen LogP contribution in [0.3, 0.4) is 0 Å². The molecule has 1 aromatic heterocycles. The molecule has 3 N–H and O–H groups in total. The lowest BCUT2D eigenvalue weighted by Crippen LogP contribution is -2.34. The molecule has 0 aliphatic rings. The summed E-state index contributed by atoms with van der Waals surface area (Å²) in [6.45, 7) is 8.69. The van der Waals surface area contributed by atoms with Gasteiger partial charge in [-0.15, -0.1) is 6.58 Å². The summed E-state index contributed by atoms with van der Waals surface area (Å²) in [5, 5.41) is 7.18. The van der Waals surface area contributed by atoms with Gasteiger partial charge in [0, 0.05) is 12.6 Å². The van der Waals surface area contributed by atoms with Gasteiger partial charge in [-0.25, -0.2) is 4.68 Å². The van der Waals surface area contributed by atoms with Crippen LogP contribution in [0, 0.1) is 5.92 Å².